The van der Waals surface area contributed by atoms with Crippen molar-refractivity contribution in [3.05, 3.63) is 0 Å². The first kappa shape index (κ1) is 15.1. The van der Waals surface area contributed by atoms with Crippen molar-refractivity contribution in [2.75, 3.05) is 13.1 Å². The number of amides is 1. The first-order valence-electron chi connectivity index (χ1n) is 7.71. The van der Waals surface area contributed by atoms with Crippen LogP contribution < -0.4 is 5.32 Å². The monoisotopic (exact) mass is 316 g/mol. The molecule has 2 saturated heterocycles. The second-order valence-corrected chi connectivity index (χ2v) is 9.39. The molecule has 0 aromatic rings. The third-order valence-electron chi connectivity index (χ3n) is 5.22. The normalized spacial score (nSPS) is 39.7. The zero-order valence-corrected chi connectivity index (χ0v) is 13.6. The number of nitrogens with zero attached hydrogens (tertiary/aromatic N) is 1. The van der Waals surface area contributed by atoms with Gasteiger partial charge in [0.05, 0.1) is 24.4 Å². The van der Waals surface area contributed by atoms with Crippen LogP contribution in [-0.2, 0) is 14.8 Å². The maximum Gasteiger partial charge on any atom is 0.408 e. The summed E-state index contributed by atoms with van der Waals surface area (Å²) in [6.07, 6.45) is 2.14. The van der Waals surface area contributed by atoms with Gasteiger partial charge in [0, 0.05) is 0 Å². The van der Waals surface area contributed by atoms with Crippen LogP contribution in [0.1, 0.15) is 40.0 Å². The third kappa shape index (κ3) is 2.44. The van der Waals surface area contributed by atoms with Crippen molar-refractivity contribution >= 4 is 16.1 Å². The Morgan fingerprint density at radius 3 is 2.19 bits per heavy atom. The van der Waals surface area contributed by atoms with Gasteiger partial charge in [-0.25, -0.2) is 13.2 Å². The molecule has 0 bridgehead atoms. The summed E-state index contributed by atoms with van der Waals surface area (Å²) in [5.41, 5.74) is -0.657. The van der Waals surface area contributed by atoms with E-state index < -0.39 is 21.7 Å². The number of ether oxygens (including phenoxy) is 1. The molecule has 120 valence electrons. The summed E-state index contributed by atoms with van der Waals surface area (Å²) in [5, 5.41) is 2.41. The molecule has 1 amide bonds. The Balaban J connectivity index is 1.69. The van der Waals surface area contributed by atoms with Gasteiger partial charge in [0.1, 0.15) is 0 Å². The largest absolute Gasteiger partial charge is 0.438 e. The molecule has 2 aliphatic heterocycles. The minimum atomic E-state index is -3.28. The van der Waals surface area contributed by atoms with E-state index in [1.54, 1.807) is 0 Å². The van der Waals surface area contributed by atoms with E-state index in [1.165, 1.54) is 4.31 Å². The average molecular weight is 316 g/mol. The summed E-state index contributed by atoms with van der Waals surface area (Å²) >= 11 is 0. The highest BCUT2D eigenvalue weighted by Gasteiger charge is 2.59. The number of alkyl carbamates (subject to hydrolysis) is 1. The molecule has 1 aliphatic carbocycles. The van der Waals surface area contributed by atoms with Crippen LogP contribution in [0.2, 0.25) is 0 Å². The van der Waals surface area contributed by atoms with Gasteiger partial charge in [-0.3, -0.25) is 0 Å². The lowest BCUT2D eigenvalue weighted by atomic mass is 9.83. The molecule has 7 heteroatoms. The van der Waals surface area contributed by atoms with Crippen LogP contribution in [0.4, 0.5) is 4.79 Å². The summed E-state index contributed by atoms with van der Waals surface area (Å²) in [4.78, 5) is 11.3. The highest BCUT2D eigenvalue weighted by atomic mass is 32.2. The van der Waals surface area contributed by atoms with Gasteiger partial charge in [-0.15, -0.1) is 0 Å². The SMILES string of the molecule is CC1CC(C)CC(S(=O)(=O)N2CC3(C2)OC(=O)NC3C)C1. The summed E-state index contributed by atoms with van der Waals surface area (Å²) < 4.78 is 32.3. The number of sulfonamides is 1. The Morgan fingerprint density at radius 2 is 1.71 bits per heavy atom. The van der Waals surface area contributed by atoms with Crippen molar-refractivity contribution in [1.82, 2.24) is 9.62 Å². The molecule has 1 spiro atoms. The highest BCUT2D eigenvalue weighted by Crippen LogP contribution is 2.39. The summed E-state index contributed by atoms with van der Waals surface area (Å²) in [5.74, 6) is 0.905. The molecule has 0 radical (unpaired) electrons. The van der Waals surface area contributed by atoms with E-state index in [0.29, 0.717) is 11.8 Å². The Bertz CT molecular complexity index is 531. The second kappa shape index (κ2) is 4.84. The number of carbonyl (C=O) groups excluding carboxylic acids is 1. The van der Waals surface area contributed by atoms with E-state index in [-0.39, 0.29) is 24.4 Å². The average Bonchev–Trinajstić information content (AvgIpc) is 2.61. The molecule has 3 aliphatic rings. The molecular formula is C14H24N2O4S. The molecule has 2 heterocycles. The first-order valence-corrected chi connectivity index (χ1v) is 9.22. The Kier molecular flexibility index (Phi) is 3.48. The lowest BCUT2D eigenvalue weighted by molar-refractivity contribution is -0.0510. The lowest BCUT2D eigenvalue weighted by Gasteiger charge is -2.48. The molecule has 3 rings (SSSR count). The minimum Gasteiger partial charge on any atom is -0.438 e. The second-order valence-electron chi connectivity index (χ2n) is 7.17. The fraction of sp³-hybridized carbons (Fsp3) is 0.929. The van der Waals surface area contributed by atoms with Crippen molar-refractivity contribution in [2.45, 2.75) is 56.9 Å². The number of hydrogen-bond acceptors (Lipinski definition) is 4. The van der Waals surface area contributed by atoms with Crippen LogP contribution in [0.15, 0.2) is 0 Å². The molecule has 0 aromatic heterocycles. The van der Waals surface area contributed by atoms with E-state index in [0.717, 1.165) is 19.3 Å². The Labute approximate surface area is 126 Å². The Hall–Kier alpha value is -0.820. The molecule has 1 saturated carbocycles. The first-order chi connectivity index (χ1) is 9.73. The van der Waals surface area contributed by atoms with Crippen molar-refractivity contribution in [1.29, 1.82) is 0 Å². The maximum atomic E-state index is 12.8. The van der Waals surface area contributed by atoms with Gasteiger partial charge in [0.2, 0.25) is 10.0 Å². The fourth-order valence-corrected chi connectivity index (χ4v) is 6.37. The van der Waals surface area contributed by atoms with E-state index >= 15 is 0 Å². The van der Waals surface area contributed by atoms with E-state index in [4.69, 9.17) is 4.74 Å². The topological polar surface area (TPSA) is 75.7 Å². The highest BCUT2D eigenvalue weighted by molar-refractivity contribution is 7.89. The van der Waals surface area contributed by atoms with Crippen molar-refractivity contribution in [3.8, 4) is 0 Å². The maximum absolute atomic E-state index is 12.8. The summed E-state index contributed by atoms with van der Waals surface area (Å²) in [7, 11) is -3.28. The Morgan fingerprint density at radius 1 is 1.14 bits per heavy atom. The molecular weight excluding hydrogens is 292 g/mol. The summed E-state index contributed by atoms with van der Waals surface area (Å²) in [6, 6.07) is -0.138. The zero-order valence-electron chi connectivity index (χ0n) is 12.8. The van der Waals surface area contributed by atoms with Crippen molar-refractivity contribution in [3.63, 3.8) is 0 Å². The van der Waals surface area contributed by atoms with Gasteiger partial charge in [-0.2, -0.15) is 4.31 Å². The molecule has 3 unspecified atom stereocenters. The number of nitrogens with one attached hydrogen (secondary N) is 1. The van der Waals surface area contributed by atoms with Crippen LogP contribution in [-0.4, -0.2) is 48.8 Å². The number of carbonyl (C=O) groups is 1. The molecule has 0 aromatic carbocycles. The van der Waals surface area contributed by atoms with E-state index in [2.05, 4.69) is 19.2 Å². The smallest absolute Gasteiger partial charge is 0.408 e. The lowest BCUT2D eigenvalue weighted by Crippen LogP contribution is -2.69. The summed E-state index contributed by atoms with van der Waals surface area (Å²) in [6.45, 7) is 6.68. The van der Waals surface area contributed by atoms with Crippen molar-refractivity contribution < 1.29 is 17.9 Å². The molecule has 6 nitrogen and oxygen atoms in total. The van der Waals surface area contributed by atoms with Crippen LogP contribution in [0.3, 0.4) is 0 Å². The fourth-order valence-electron chi connectivity index (χ4n) is 4.01. The van der Waals surface area contributed by atoms with Gasteiger partial charge in [-0.05, 0) is 38.0 Å². The quantitative estimate of drug-likeness (QED) is 0.834. The molecule has 3 atom stereocenters. The van der Waals surface area contributed by atoms with E-state index in [1.807, 2.05) is 6.92 Å². The van der Waals surface area contributed by atoms with Crippen LogP contribution in [0, 0.1) is 11.8 Å². The predicted octanol–water partition coefficient (Wildman–Crippen LogP) is 1.32. The number of hydrogen-bond donors (Lipinski definition) is 1. The molecule has 1 N–H and O–H groups in total. The third-order valence-corrected chi connectivity index (χ3v) is 7.43. The predicted molar refractivity (Wildman–Crippen MR) is 78.3 cm³/mol. The van der Waals surface area contributed by atoms with Gasteiger partial charge < -0.3 is 10.1 Å². The molecule has 21 heavy (non-hydrogen) atoms. The van der Waals surface area contributed by atoms with Crippen LogP contribution >= 0.6 is 0 Å². The van der Waals surface area contributed by atoms with Gasteiger partial charge in [0.15, 0.2) is 5.60 Å². The van der Waals surface area contributed by atoms with E-state index in [9.17, 15) is 13.2 Å². The van der Waals surface area contributed by atoms with Crippen molar-refractivity contribution in [2.24, 2.45) is 11.8 Å². The van der Waals surface area contributed by atoms with Crippen LogP contribution in [0.5, 0.6) is 0 Å². The van der Waals surface area contributed by atoms with Gasteiger partial charge >= 0.3 is 6.09 Å². The van der Waals surface area contributed by atoms with Gasteiger partial charge in [0.25, 0.3) is 0 Å². The molecule has 3 fully saturated rings. The standard InChI is InChI=1S/C14H24N2O4S/c1-9-4-10(2)6-12(5-9)21(18,19)16-7-14(8-16)11(3)15-13(17)20-14/h9-12H,4-8H2,1-3H3,(H,15,17). The van der Waals surface area contributed by atoms with Gasteiger partial charge in [-0.1, -0.05) is 13.8 Å². The zero-order chi connectivity index (χ0) is 15.4. The minimum absolute atomic E-state index is 0.138. The van der Waals surface area contributed by atoms with Crippen LogP contribution in [0.25, 0.3) is 0 Å². The number of rotatable bonds is 2.